The molecule has 0 saturated heterocycles. The number of nitrogens with zero attached hydrogens (tertiary/aromatic N) is 2. The number of nitrogens with one attached hydrogen (secondary N) is 1. The summed E-state index contributed by atoms with van der Waals surface area (Å²) < 4.78 is 5.19. The van der Waals surface area contributed by atoms with Crippen molar-refractivity contribution in [3.63, 3.8) is 0 Å². The van der Waals surface area contributed by atoms with Crippen LogP contribution in [-0.4, -0.2) is 16.0 Å². The first kappa shape index (κ1) is 14.4. The minimum absolute atomic E-state index is 0.121. The monoisotopic (exact) mass is 311 g/mol. The number of hydrogen-bond acceptors (Lipinski definition) is 4. The minimum atomic E-state index is -0.121. The molecule has 5 heteroatoms. The van der Waals surface area contributed by atoms with Crippen molar-refractivity contribution in [3.8, 4) is 11.4 Å². The third-order valence-corrected chi connectivity index (χ3v) is 5.10. The smallest absolute Gasteiger partial charge is 0.226 e. The molecule has 0 radical (unpaired) electrons. The van der Waals surface area contributed by atoms with Crippen molar-refractivity contribution in [3.05, 3.63) is 35.2 Å². The Kier molecular flexibility index (Phi) is 3.25. The Morgan fingerprint density at radius 1 is 1.43 bits per heavy atom. The lowest BCUT2D eigenvalue weighted by molar-refractivity contribution is -0.126. The van der Waals surface area contributed by atoms with Crippen molar-refractivity contribution in [2.24, 2.45) is 5.41 Å². The van der Waals surface area contributed by atoms with Crippen molar-refractivity contribution >= 4 is 5.91 Å². The fourth-order valence-electron chi connectivity index (χ4n) is 3.17. The van der Waals surface area contributed by atoms with Crippen LogP contribution in [0.3, 0.4) is 0 Å². The van der Waals surface area contributed by atoms with Gasteiger partial charge in [-0.05, 0) is 42.9 Å². The summed E-state index contributed by atoms with van der Waals surface area (Å²) in [5.41, 5.74) is 3.36. The third-order valence-electron chi connectivity index (χ3n) is 5.10. The lowest BCUT2D eigenvalue weighted by atomic mass is 10.0. The molecule has 1 heterocycles. The summed E-state index contributed by atoms with van der Waals surface area (Å²) >= 11 is 0. The predicted octanol–water partition coefficient (Wildman–Crippen LogP) is 3.20. The van der Waals surface area contributed by atoms with Crippen molar-refractivity contribution in [2.75, 3.05) is 0 Å². The normalized spacial score (nSPS) is 21.0. The highest BCUT2D eigenvalue weighted by Crippen LogP contribution is 2.46. The van der Waals surface area contributed by atoms with Gasteiger partial charge >= 0.3 is 0 Å². The maximum absolute atomic E-state index is 12.3. The van der Waals surface area contributed by atoms with Crippen LogP contribution in [0.15, 0.2) is 22.7 Å². The van der Waals surface area contributed by atoms with Crippen molar-refractivity contribution in [2.45, 2.75) is 52.0 Å². The van der Waals surface area contributed by atoms with E-state index in [0.29, 0.717) is 11.7 Å². The summed E-state index contributed by atoms with van der Waals surface area (Å²) in [6.45, 7) is 4.04. The van der Waals surface area contributed by atoms with E-state index in [1.54, 1.807) is 0 Å². The van der Waals surface area contributed by atoms with Gasteiger partial charge in [0.1, 0.15) is 0 Å². The number of amides is 1. The molecule has 2 aliphatic rings. The zero-order valence-electron chi connectivity index (χ0n) is 13.6. The molecule has 1 saturated carbocycles. The van der Waals surface area contributed by atoms with Crippen molar-refractivity contribution in [1.82, 2.24) is 15.5 Å². The van der Waals surface area contributed by atoms with Crippen LogP contribution < -0.4 is 5.32 Å². The summed E-state index contributed by atoms with van der Waals surface area (Å²) in [5, 5.41) is 7.26. The molecule has 1 fully saturated rings. The van der Waals surface area contributed by atoms with Crippen LogP contribution in [0.5, 0.6) is 0 Å². The highest BCUT2D eigenvalue weighted by atomic mass is 16.5. The highest BCUT2D eigenvalue weighted by molar-refractivity contribution is 5.85. The molecule has 4 rings (SSSR count). The first-order valence-corrected chi connectivity index (χ1v) is 8.36. The van der Waals surface area contributed by atoms with Crippen molar-refractivity contribution < 1.29 is 9.32 Å². The van der Waals surface area contributed by atoms with Crippen LogP contribution in [0.4, 0.5) is 0 Å². The molecule has 1 aromatic carbocycles. The second kappa shape index (κ2) is 5.18. The number of benzene rings is 1. The largest absolute Gasteiger partial charge is 0.349 e. The number of aromatic nitrogens is 2. The lowest BCUT2D eigenvalue weighted by Gasteiger charge is -2.17. The molecule has 2 aliphatic carbocycles. The van der Waals surface area contributed by atoms with Crippen LogP contribution in [0.1, 0.15) is 56.2 Å². The summed E-state index contributed by atoms with van der Waals surface area (Å²) in [5.74, 6) is 1.50. The molecule has 0 bridgehead atoms. The van der Waals surface area contributed by atoms with E-state index in [0.717, 1.165) is 37.7 Å². The quantitative estimate of drug-likeness (QED) is 0.941. The predicted molar refractivity (Wildman–Crippen MR) is 85.7 cm³/mol. The Bertz CT molecular complexity index is 761. The Hall–Kier alpha value is -2.17. The second-order valence-corrected chi connectivity index (χ2v) is 6.90. The van der Waals surface area contributed by atoms with Crippen molar-refractivity contribution in [1.29, 1.82) is 0 Å². The number of aryl methyl sites for hydroxylation is 2. The Labute approximate surface area is 135 Å². The van der Waals surface area contributed by atoms with Crippen LogP contribution >= 0.6 is 0 Å². The number of carbonyl (C=O) groups is 1. The van der Waals surface area contributed by atoms with E-state index in [4.69, 9.17) is 4.52 Å². The molecular formula is C18H21N3O2. The SMILES string of the molecule is CCc1nc(-c2ccc3c(c2)CCC3NC(=O)C2(C)CC2)no1. The van der Waals surface area contributed by atoms with Gasteiger partial charge in [-0.1, -0.05) is 31.1 Å². The van der Waals surface area contributed by atoms with Crippen LogP contribution in [0, 0.1) is 5.41 Å². The van der Waals surface area contributed by atoms with Gasteiger partial charge in [-0.15, -0.1) is 0 Å². The standard InChI is InChI=1S/C18H21N3O2/c1-3-15-20-16(21-23-15)12-4-6-13-11(10-12)5-7-14(13)19-17(22)18(2)8-9-18/h4,6,10,14H,3,5,7-9H2,1-2H3,(H,19,22). The summed E-state index contributed by atoms with van der Waals surface area (Å²) in [6, 6.07) is 6.39. The first-order valence-electron chi connectivity index (χ1n) is 8.36. The average molecular weight is 311 g/mol. The molecule has 1 unspecified atom stereocenters. The van der Waals surface area contributed by atoms with Crippen LogP contribution in [-0.2, 0) is 17.6 Å². The maximum atomic E-state index is 12.3. The maximum Gasteiger partial charge on any atom is 0.226 e. The molecule has 5 nitrogen and oxygen atoms in total. The fraction of sp³-hybridized carbons (Fsp3) is 0.500. The van der Waals surface area contributed by atoms with Gasteiger partial charge in [-0.25, -0.2) is 0 Å². The first-order chi connectivity index (χ1) is 11.1. The molecule has 1 aromatic heterocycles. The number of fused-ring (bicyclic) bond motifs is 1. The molecule has 1 N–H and O–H groups in total. The van der Waals surface area contributed by atoms with Gasteiger partial charge in [0.25, 0.3) is 0 Å². The van der Waals surface area contributed by atoms with Gasteiger partial charge in [-0.2, -0.15) is 4.98 Å². The van der Waals surface area contributed by atoms with E-state index >= 15 is 0 Å². The summed E-state index contributed by atoms with van der Waals surface area (Å²) in [7, 11) is 0. The second-order valence-electron chi connectivity index (χ2n) is 6.90. The van der Waals surface area contributed by atoms with Gasteiger partial charge in [0.05, 0.1) is 6.04 Å². The minimum Gasteiger partial charge on any atom is -0.349 e. The molecular weight excluding hydrogens is 290 g/mol. The van der Waals surface area contributed by atoms with Gasteiger partial charge in [0.15, 0.2) is 0 Å². The van der Waals surface area contributed by atoms with E-state index in [-0.39, 0.29) is 17.4 Å². The van der Waals surface area contributed by atoms with Crippen LogP contribution in [0.2, 0.25) is 0 Å². The Morgan fingerprint density at radius 2 is 2.26 bits per heavy atom. The number of rotatable bonds is 4. The van der Waals surface area contributed by atoms with E-state index in [2.05, 4.69) is 27.6 Å². The average Bonchev–Trinajstić information content (AvgIpc) is 3.01. The highest BCUT2D eigenvalue weighted by Gasteiger charge is 2.45. The molecule has 120 valence electrons. The molecule has 2 aromatic rings. The van der Waals surface area contributed by atoms with Gasteiger partial charge in [0.2, 0.25) is 17.6 Å². The summed E-state index contributed by atoms with van der Waals surface area (Å²) in [6.07, 6.45) is 4.70. The molecule has 1 amide bonds. The Morgan fingerprint density at radius 3 is 2.96 bits per heavy atom. The number of carbonyl (C=O) groups excluding carboxylic acids is 1. The molecule has 0 aliphatic heterocycles. The molecule has 23 heavy (non-hydrogen) atoms. The van der Waals surface area contributed by atoms with Gasteiger partial charge in [-0.3, -0.25) is 4.79 Å². The topological polar surface area (TPSA) is 68.0 Å². The third kappa shape index (κ3) is 2.54. The van der Waals surface area contributed by atoms with Crippen LogP contribution in [0.25, 0.3) is 11.4 Å². The zero-order chi connectivity index (χ0) is 16.0. The molecule has 1 atom stereocenters. The fourth-order valence-corrected chi connectivity index (χ4v) is 3.17. The number of hydrogen-bond donors (Lipinski definition) is 1. The van der Waals surface area contributed by atoms with Gasteiger partial charge < -0.3 is 9.84 Å². The zero-order valence-corrected chi connectivity index (χ0v) is 13.6. The Balaban J connectivity index is 1.55. The summed E-state index contributed by atoms with van der Waals surface area (Å²) in [4.78, 5) is 16.7. The van der Waals surface area contributed by atoms with E-state index in [9.17, 15) is 4.79 Å². The molecule has 0 spiro atoms. The van der Waals surface area contributed by atoms with E-state index in [1.807, 2.05) is 19.9 Å². The van der Waals surface area contributed by atoms with E-state index < -0.39 is 0 Å². The lowest BCUT2D eigenvalue weighted by Crippen LogP contribution is -2.32. The van der Waals surface area contributed by atoms with Gasteiger partial charge in [0, 0.05) is 17.4 Å². The van der Waals surface area contributed by atoms with E-state index in [1.165, 1.54) is 11.1 Å².